The second-order valence-corrected chi connectivity index (χ2v) is 18.4. The molecule has 2 unspecified atom stereocenters. The highest BCUT2D eigenvalue weighted by molar-refractivity contribution is 5.96. The molecule has 2 N–H and O–H groups in total. The minimum Gasteiger partial charge on any atom is -0.491 e. The number of benzene rings is 10. The molecule has 2 atom stereocenters. The van der Waals surface area contributed by atoms with Crippen LogP contribution in [-0.2, 0) is 24.5 Å². The van der Waals surface area contributed by atoms with Crippen molar-refractivity contribution in [1.82, 2.24) is 0 Å². The van der Waals surface area contributed by atoms with Gasteiger partial charge in [0, 0.05) is 12.2 Å². The number of esters is 2. The van der Waals surface area contributed by atoms with E-state index in [4.69, 9.17) is 18.9 Å². The summed E-state index contributed by atoms with van der Waals surface area (Å²) in [6.45, 7) is 6.29. The average molecular weight is 959 g/mol. The third-order valence-electron chi connectivity index (χ3n) is 13.8. The van der Waals surface area contributed by atoms with Crippen LogP contribution in [0.25, 0.3) is 76.5 Å². The lowest BCUT2D eigenvalue weighted by Crippen LogP contribution is -2.28. The molecule has 0 amide bonds. The van der Waals surface area contributed by atoms with Crippen LogP contribution >= 0.6 is 0 Å². The number of aliphatic hydroxyl groups excluding tert-OH is 2. The molecule has 1 aliphatic rings. The third kappa shape index (κ3) is 9.10. The monoisotopic (exact) mass is 958 g/mol. The first-order valence-corrected chi connectivity index (χ1v) is 24.2. The lowest BCUT2D eigenvalue weighted by atomic mass is 9.66. The largest absolute Gasteiger partial charge is 0.491 e. The average Bonchev–Trinajstić information content (AvgIpc) is 3.75. The van der Waals surface area contributed by atoms with Crippen molar-refractivity contribution in [2.24, 2.45) is 0 Å². The Morgan fingerprint density at radius 3 is 1.21 bits per heavy atom. The fourth-order valence-electron chi connectivity index (χ4n) is 10.3. The summed E-state index contributed by atoms with van der Waals surface area (Å²) in [7, 11) is 0. The van der Waals surface area contributed by atoms with Crippen LogP contribution in [-0.4, -0.2) is 60.8 Å². The van der Waals surface area contributed by atoms with Crippen LogP contribution < -0.4 is 9.47 Å². The van der Waals surface area contributed by atoms with Gasteiger partial charge in [0.1, 0.15) is 50.1 Å². The maximum Gasteiger partial charge on any atom is 0.330 e. The van der Waals surface area contributed by atoms with Crippen molar-refractivity contribution >= 4 is 55.0 Å². The Labute approximate surface area is 422 Å². The number of hydrogen-bond donors (Lipinski definition) is 2. The fraction of sp³-hybridized carbons (Fsp3) is 0.108. The summed E-state index contributed by atoms with van der Waals surface area (Å²) >= 11 is 0. The van der Waals surface area contributed by atoms with Crippen LogP contribution in [0.3, 0.4) is 0 Å². The first-order chi connectivity index (χ1) is 35.7. The first kappa shape index (κ1) is 46.6. The molecule has 0 saturated heterocycles. The smallest absolute Gasteiger partial charge is 0.330 e. The highest BCUT2D eigenvalue weighted by Crippen LogP contribution is 2.58. The van der Waals surface area contributed by atoms with Crippen LogP contribution in [0.1, 0.15) is 22.3 Å². The van der Waals surface area contributed by atoms with Gasteiger partial charge in [0.2, 0.25) is 0 Å². The Morgan fingerprint density at radius 1 is 0.411 bits per heavy atom. The van der Waals surface area contributed by atoms with Crippen LogP contribution in [0, 0.1) is 0 Å². The zero-order valence-corrected chi connectivity index (χ0v) is 39.9. The topological polar surface area (TPSA) is 112 Å². The minimum atomic E-state index is -1.02. The maximum absolute atomic E-state index is 11.6. The third-order valence-corrected chi connectivity index (χ3v) is 13.8. The predicted octanol–water partition coefficient (Wildman–Crippen LogP) is 12.9. The van der Waals surface area contributed by atoms with E-state index < -0.39 is 29.6 Å². The number of rotatable bonds is 16. The van der Waals surface area contributed by atoms with Gasteiger partial charge in [-0.05, 0) is 159 Å². The van der Waals surface area contributed by atoms with Crippen molar-refractivity contribution in [3.63, 3.8) is 0 Å². The molecule has 0 radical (unpaired) electrons. The van der Waals surface area contributed by atoms with Gasteiger partial charge in [-0.3, -0.25) is 0 Å². The summed E-state index contributed by atoms with van der Waals surface area (Å²) in [6.07, 6.45) is 0.0856. The van der Waals surface area contributed by atoms with Crippen LogP contribution in [0.15, 0.2) is 219 Å². The van der Waals surface area contributed by atoms with Gasteiger partial charge in [-0.1, -0.05) is 147 Å². The van der Waals surface area contributed by atoms with Gasteiger partial charge in [0.15, 0.2) is 0 Å². The van der Waals surface area contributed by atoms with Crippen LogP contribution in [0.4, 0.5) is 0 Å². The molecule has 11 rings (SSSR count). The lowest BCUT2D eigenvalue weighted by molar-refractivity contribution is -0.142. The summed E-state index contributed by atoms with van der Waals surface area (Å²) in [5.41, 5.74) is 10.3. The number of fused-ring (bicyclic) bond motifs is 7. The summed E-state index contributed by atoms with van der Waals surface area (Å²) in [5, 5.41) is 29.6. The van der Waals surface area contributed by atoms with E-state index in [-0.39, 0.29) is 26.4 Å². The first-order valence-electron chi connectivity index (χ1n) is 24.2. The molecule has 0 aromatic heterocycles. The van der Waals surface area contributed by atoms with Gasteiger partial charge in [-0.2, -0.15) is 0 Å². The van der Waals surface area contributed by atoms with Gasteiger partial charge in [0.25, 0.3) is 0 Å². The number of carbonyl (C=O) groups is 2. The molecule has 0 saturated carbocycles. The summed E-state index contributed by atoms with van der Waals surface area (Å²) in [5.74, 6) is -0.0690. The zero-order chi connectivity index (χ0) is 50.1. The van der Waals surface area contributed by atoms with E-state index in [1.165, 1.54) is 21.5 Å². The van der Waals surface area contributed by atoms with E-state index in [9.17, 15) is 19.8 Å². The van der Waals surface area contributed by atoms with Crippen LogP contribution in [0.2, 0.25) is 0 Å². The zero-order valence-electron chi connectivity index (χ0n) is 39.9. The molecular weight excluding hydrogens is 909 g/mol. The molecule has 1 aliphatic carbocycles. The Bertz CT molecular complexity index is 3550. The van der Waals surface area contributed by atoms with Gasteiger partial charge >= 0.3 is 11.9 Å². The van der Waals surface area contributed by atoms with E-state index in [1.54, 1.807) is 0 Å². The molecule has 73 heavy (non-hydrogen) atoms. The Morgan fingerprint density at radius 2 is 0.767 bits per heavy atom. The second kappa shape index (κ2) is 19.8. The molecule has 8 nitrogen and oxygen atoms in total. The summed E-state index contributed by atoms with van der Waals surface area (Å²) < 4.78 is 22.0. The van der Waals surface area contributed by atoms with Gasteiger partial charge < -0.3 is 29.2 Å². The number of ether oxygens (including phenoxy) is 4. The molecule has 10 aromatic rings. The Balaban J connectivity index is 1.08. The van der Waals surface area contributed by atoms with Crippen molar-refractivity contribution in [3.05, 3.63) is 242 Å². The molecule has 0 heterocycles. The molecule has 0 fully saturated rings. The molecule has 8 heteroatoms. The molecule has 0 bridgehead atoms. The van der Waals surface area contributed by atoms with Crippen molar-refractivity contribution in [2.75, 3.05) is 26.4 Å². The van der Waals surface area contributed by atoms with E-state index in [1.807, 2.05) is 36.4 Å². The summed E-state index contributed by atoms with van der Waals surface area (Å²) in [6, 6.07) is 69.1. The lowest BCUT2D eigenvalue weighted by Gasteiger charge is -2.35. The van der Waals surface area contributed by atoms with Gasteiger partial charge in [-0.25, -0.2) is 9.59 Å². The quantitative estimate of drug-likeness (QED) is 0.0728. The molecular formula is C65H50O8. The van der Waals surface area contributed by atoms with Crippen molar-refractivity contribution in [3.8, 4) is 44.9 Å². The van der Waals surface area contributed by atoms with E-state index >= 15 is 0 Å². The summed E-state index contributed by atoms with van der Waals surface area (Å²) in [4.78, 5) is 23.2. The maximum atomic E-state index is 11.6. The van der Waals surface area contributed by atoms with Gasteiger partial charge in [0.05, 0.1) is 5.41 Å². The van der Waals surface area contributed by atoms with E-state index in [2.05, 4.69) is 171 Å². The number of aliphatic hydroxyl groups is 2. The van der Waals surface area contributed by atoms with Crippen molar-refractivity contribution in [1.29, 1.82) is 0 Å². The molecule has 10 aromatic carbocycles. The Hall–Kier alpha value is -8.82. The van der Waals surface area contributed by atoms with E-state index in [0.29, 0.717) is 11.5 Å². The fourth-order valence-corrected chi connectivity index (χ4v) is 10.3. The van der Waals surface area contributed by atoms with Crippen molar-refractivity contribution in [2.45, 2.75) is 17.6 Å². The molecule has 358 valence electrons. The number of carbonyl (C=O) groups excluding carboxylic acids is 2. The minimum absolute atomic E-state index is 0.0610. The SMILES string of the molecule is C=CC(=O)OCC(O)COc1ccc2cc(C3(c4ccc5cc(OCC(O)COC(=O)C=C)ccc5c4)c4cc(-c5ccc6ccccc6c5)ccc4-c4ccc(-c5ccc6ccccc6c5)cc43)ccc2c1. The van der Waals surface area contributed by atoms with Crippen LogP contribution in [0.5, 0.6) is 11.5 Å². The van der Waals surface area contributed by atoms with Crippen molar-refractivity contribution < 1.29 is 38.7 Å². The number of hydrogen-bond acceptors (Lipinski definition) is 8. The van der Waals surface area contributed by atoms with E-state index in [0.717, 1.165) is 89.3 Å². The molecule has 0 spiro atoms. The normalized spacial score (nSPS) is 13.2. The highest BCUT2D eigenvalue weighted by Gasteiger charge is 2.47. The highest BCUT2D eigenvalue weighted by atomic mass is 16.6. The predicted molar refractivity (Wildman–Crippen MR) is 290 cm³/mol. The standard InChI is InChI=1S/C65H50O8/c1-3-63(68)72-39-55(66)37-70-57-25-19-47-31-53(23-17-49(47)33-57)65(54-24-18-50-34-58(26-20-48(50)32-54)71-38-56(67)40-73-64(69)4-2)61-35-51(45-15-13-41-9-5-7-11-43(41)29-45)21-27-59(61)60-28-22-52(36-62(60)65)46-16-14-42-10-6-8-12-44(42)30-46/h3-36,55-56,66-67H,1-2,37-40H2. The van der Waals surface area contributed by atoms with Gasteiger partial charge in [-0.15, -0.1) is 0 Å². The Kier molecular flexibility index (Phi) is 12.6. The molecule has 0 aliphatic heterocycles. The second-order valence-electron chi connectivity index (χ2n) is 18.4.